The van der Waals surface area contributed by atoms with Gasteiger partial charge in [-0.05, 0) is 12.3 Å². The van der Waals surface area contributed by atoms with Crippen LogP contribution in [0.5, 0.6) is 5.88 Å². The molecule has 0 atom stereocenters. The maximum atomic E-state index is 5.68. The molecule has 17 heavy (non-hydrogen) atoms. The molecular weight excluding hydrogens is 218 g/mol. The Hall–Kier alpha value is -1.85. The van der Waals surface area contributed by atoms with E-state index in [9.17, 15) is 0 Å². The van der Waals surface area contributed by atoms with Gasteiger partial charge in [0.15, 0.2) is 5.65 Å². The summed E-state index contributed by atoms with van der Waals surface area (Å²) in [5.74, 6) is 1.72. The maximum absolute atomic E-state index is 5.68. The zero-order chi connectivity index (χ0) is 12.3. The van der Waals surface area contributed by atoms with E-state index in [1.54, 1.807) is 13.2 Å². The van der Waals surface area contributed by atoms with Crippen LogP contribution in [-0.2, 0) is 0 Å². The molecule has 0 radical (unpaired) electrons. The Kier molecular flexibility index (Phi) is 3.41. The fraction of sp³-hybridized carbons (Fsp3) is 0.545. The molecule has 0 saturated carbocycles. The lowest BCUT2D eigenvalue weighted by Gasteiger charge is -2.08. The highest BCUT2D eigenvalue weighted by molar-refractivity contribution is 5.80. The minimum atomic E-state index is 0.529. The molecule has 0 aliphatic heterocycles. The van der Waals surface area contributed by atoms with E-state index in [0.29, 0.717) is 30.0 Å². The molecule has 0 aliphatic rings. The number of ether oxygens (including phenoxy) is 1. The van der Waals surface area contributed by atoms with Gasteiger partial charge in [0.2, 0.25) is 11.8 Å². The summed E-state index contributed by atoms with van der Waals surface area (Å²) in [5, 5.41) is 10.5. The molecule has 2 aromatic heterocycles. The quantitative estimate of drug-likeness (QED) is 0.826. The molecule has 0 spiro atoms. The summed E-state index contributed by atoms with van der Waals surface area (Å²) in [4.78, 5) is 8.52. The number of rotatable bonds is 5. The van der Waals surface area contributed by atoms with E-state index in [0.717, 1.165) is 11.8 Å². The van der Waals surface area contributed by atoms with Crippen molar-refractivity contribution in [2.45, 2.75) is 20.3 Å². The van der Waals surface area contributed by atoms with Crippen LogP contribution >= 0.6 is 0 Å². The van der Waals surface area contributed by atoms with Gasteiger partial charge in [-0.15, -0.1) is 0 Å². The average molecular weight is 235 g/mol. The van der Waals surface area contributed by atoms with Crippen LogP contribution < -0.4 is 10.1 Å². The van der Waals surface area contributed by atoms with Crippen LogP contribution in [0.1, 0.15) is 20.3 Å². The largest absolute Gasteiger partial charge is 0.477 e. The van der Waals surface area contributed by atoms with Gasteiger partial charge < -0.3 is 10.1 Å². The second kappa shape index (κ2) is 4.99. The molecule has 2 N–H and O–H groups in total. The van der Waals surface area contributed by atoms with Gasteiger partial charge in [0.1, 0.15) is 5.39 Å². The summed E-state index contributed by atoms with van der Waals surface area (Å²) in [7, 11) is 1.77. The third kappa shape index (κ3) is 2.64. The van der Waals surface area contributed by atoms with Crippen LogP contribution in [0.4, 0.5) is 5.95 Å². The summed E-state index contributed by atoms with van der Waals surface area (Å²) in [6.07, 6.45) is 2.68. The summed E-state index contributed by atoms with van der Waals surface area (Å²) < 4.78 is 5.68. The highest BCUT2D eigenvalue weighted by Gasteiger charge is 2.10. The molecule has 0 unspecified atom stereocenters. The van der Waals surface area contributed by atoms with Crippen molar-refractivity contribution in [2.75, 3.05) is 19.0 Å². The van der Waals surface area contributed by atoms with Gasteiger partial charge in [-0.25, -0.2) is 0 Å². The van der Waals surface area contributed by atoms with Gasteiger partial charge in [-0.1, -0.05) is 13.8 Å². The molecular formula is C11H17N5O. The zero-order valence-electron chi connectivity index (χ0n) is 10.3. The monoisotopic (exact) mass is 235 g/mol. The standard InChI is InChI=1S/C11H17N5O/c1-7(2)4-5-17-10-8-6-13-16-9(8)14-11(12-3)15-10/h6-7H,4-5H2,1-3H3,(H2,12,13,14,15,16). The van der Waals surface area contributed by atoms with Crippen molar-refractivity contribution in [2.24, 2.45) is 5.92 Å². The highest BCUT2D eigenvalue weighted by Crippen LogP contribution is 2.22. The molecule has 6 heteroatoms. The molecule has 0 aliphatic carbocycles. The number of anilines is 1. The fourth-order valence-electron chi connectivity index (χ4n) is 1.42. The van der Waals surface area contributed by atoms with Gasteiger partial charge >= 0.3 is 0 Å². The van der Waals surface area contributed by atoms with Gasteiger partial charge in [0.05, 0.1) is 12.8 Å². The lowest BCUT2D eigenvalue weighted by molar-refractivity contribution is 0.283. The summed E-state index contributed by atoms with van der Waals surface area (Å²) >= 11 is 0. The molecule has 6 nitrogen and oxygen atoms in total. The molecule has 0 amide bonds. The third-order valence-electron chi connectivity index (χ3n) is 2.43. The first-order valence-corrected chi connectivity index (χ1v) is 5.72. The number of nitrogens with zero attached hydrogens (tertiary/aromatic N) is 3. The Labute approximate surface area is 99.8 Å². The van der Waals surface area contributed by atoms with E-state index in [4.69, 9.17) is 4.74 Å². The first-order valence-electron chi connectivity index (χ1n) is 5.72. The minimum absolute atomic E-state index is 0.529. The summed E-state index contributed by atoms with van der Waals surface area (Å²) in [6.45, 7) is 4.98. The first-order chi connectivity index (χ1) is 8.20. The van der Waals surface area contributed by atoms with E-state index in [1.165, 1.54) is 0 Å². The molecule has 0 saturated heterocycles. The molecule has 0 fully saturated rings. The predicted octanol–water partition coefficient (Wildman–Crippen LogP) is 1.82. The highest BCUT2D eigenvalue weighted by atomic mass is 16.5. The summed E-state index contributed by atoms with van der Waals surface area (Å²) in [6, 6.07) is 0. The second-order valence-electron chi connectivity index (χ2n) is 4.27. The van der Waals surface area contributed by atoms with E-state index in [1.807, 2.05) is 0 Å². The normalized spacial score (nSPS) is 11.1. The van der Waals surface area contributed by atoms with Crippen molar-refractivity contribution < 1.29 is 4.74 Å². The minimum Gasteiger partial charge on any atom is -0.477 e. The molecule has 0 aromatic carbocycles. The van der Waals surface area contributed by atoms with Crippen molar-refractivity contribution in [1.82, 2.24) is 20.2 Å². The molecule has 2 heterocycles. The third-order valence-corrected chi connectivity index (χ3v) is 2.43. The number of hydrogen-bond acceptors (Lipinski definition) is 5. The Morgan fingerprint density at radius 1 is 1.41 bits per heavy atom. The SMILES string of the molecule is CNc1nc(OCCC(C)C)c2cn[nH]c2n1. The van der Waals surface area contributed by atoms with Crippen molar-refractivity contribution in [1.29, 1.82) is 0 Å². The van der Waals surface area contributed by atoms with E-state index in [-0.39, 0.29) is 0 Å². The fourth-order valence-corrected chi connectivity index (χ4v) is 1.42. The number of hydrogen-bond donors (Lipinski definition) is 2. The van der Waals surface area contributed by atoms with E-state index >= 15 is 0 Å². The van der Waals surface area contributed by atoms with Gasteiger partial charge in [-0.2, -0.15) is 15.1 Å². The van der Waals surface area contributed by atoms with E-state index < -0.39 is 0 Å². The number of fused-ring (bicyclic) bond motifs is 1. The number of aromatic amines is 1. The van der Waals surface area contributed by atoms with Crippen molar-refractivity contribution in [3.8, 4) is 5.88 Å². The molecule has 92 valence electrons. The van der Waals surface area contributed by atoms with Gasteiger partial charge in [0, 0.05) is 7.05 Å². The van der Waals surface area contributed by atoms with Gasteiger partial charge in [-0.3, -0.25) is 5.10 Å². The van der Waals surface area contributed by atoms with Crippen LogP contribution in [0.3, 0.4) is 0 Å². The number of aromatic nitrogens is 4. The Morgan fingerprint density at radius 2 is 2.24 bits per heavy atom. The zero-order valence-corrected chi connectivity index (χ0v) is 10.3. The van der Waals surface area contributed by atoms with Crippen LogP contribution in [0, 0.1) is 5.92 Å². The van der Waals surface area contributed by atoms with Crippen molar-refractivity contribution in [3.63, 3.8) is 0 Å². The topological polar surface area (TPSA) is 75.7 Å². The number of H-pyrrole nitrogens is 1. The Balaban J connectivity index is 2.21. The lowest BCUT2D eigenvalue weighted by atomic mass is 10.1. The van der Waals surface area contributed by atoms with Crippen molar-refractivity contribution >= 4 is 17.0 Å². The first kappa shape index (κ1) is 11.6. The molecule has 2 rings (SSSR count). The van der Waals surface area contributed by atoms with Crippen LogP contribution in [0.2, 0.25) is 0 Å². The second-order valence-corrected chi connectivity index (χ2v) is 4.27. The molecule has 0 bridgehead atoms. The number of nitrogens with one attached hydrogen (secondary N) is 2. The van der Waals surface area contributed by atoms with Crippen LogP contribution in [-0.4, -0.2) is 33.8 Å². The predicted molar refractivity (Wildman–Crippen MR) is 66.2 cm³/mol. The van der Waals surface area contributed by atoms with Crippen LogP contribution in [0.15, 0.2) is 6.20 Å². The van der Waals surface area contributed by atoms with E-state index in [2.05, 4.69) is 39.3 Å². The summed E-state index contributed by atoms with van der Waals surface area (Å²) in [5.41, 5.74) is 0.684. The van der Waals surface area contributed by atoms with Gasteiger partial charge in [0.25, 0.3) is 0 Å². The average Bonchev–Trinajstić information content (AvgIpc) is 2.76. The Morgan fingerprint density at radius 3 is 2.94 bits per heavy atom. The van der Waals surface area contributed by atoms with Crippen LogP contribution in [0.25, 0.3) is 11.0 Å². The molecule has 2 aromatic rings. The van der Waals surface area contributed by atoms with Crippen molar-refractivity contribution in [3.05, 3.63) is 6.20 Å². The Bertz CT molecular complexity index is 494. The maximum Gasteiger partial charge on any atom is 0.229 e. The lowest BCUT2D eigenvalue weighted by Crippen LogP contribution is -2.05. The smallest absolute Gasteiger partial charge is 0.229 e.